The standard InChI is InChI=1S/C23H19NO5S2/c1-27-15-11-13(12-16(28-2)21(15)29-3)19-20(25)14-7-4-5-8-17(14)31-23(19)24-22(26)18-9-6-10-30-18/h4-12H,1-3H3,(H,24,26). The van der Waals surface area contributed by atoms with Gasteiger partial charge in [0.2, 0.25) is 5.75 Å². The van der Waals surface area contributed by atoms with Crippen LogP contribution in [0.2, 0.25) is 0 Å². The van der Waals surface area contributed by atoms with Gasteiger partial charge in [-0.25, -0.2) is 0 Å². The van der Waals surface area contributed by atoms with Crippen LogP contribution in [0.25, 0.3) is 21.2 Å². The summed E-state index contributed by atoms with van der Waals surface area (Å²) < 4.78 is 17.1. The van der Waals surface area contributed by atoms with E-state index in [0.29, 0.717) is 43.6 Å². The van der Waals surface area contributed by atoms with Crippen LogP contribution in [0.5, 0.6) is 17.2 Å². The molecular weight excluding hydrogens is 434 g/mol. The minimum atomic E-state index is -0.269. The molecule has 4 rings (SSSR count). The SMILES string of the molecule is COc1cc(-c2c(NC(=O)c3cccs3)sc3ccccc3c2=O)cc(OC)c1OC. The number of hydrogen-bond acceptors (Lipinski definition) is 7. The van der Waals surface area contributed by atoms with Crippen molar-refractivity contribution in [1.29, 1.82) is 0 Å². The molecule has 0 saturated heterocycles. The first-order chi connectivity index (χ1) is 15.1. The average Bonchev–Trinajstić information content (AvgIpc) is 3.33. The van der Waals surface area contributed by atoms with Crippen LogP contribution in [0.3, 0.4) is 0 Å². The fourth-order valence-corrected chi connectivity index (χ4v) is 5.00. The van der Waals surface area contributed by atoms with Crippen molar-refractivity contribution in [2.75, 3.05) is 26.6 Å². The number of fused-ring (bicyclic) bond motifs is 1. The van der Waals surface area contributed by atoms with Gasteiger partial charge in [-0.15, -0.1) is 22.7 Å². The highest BCUT2D eigenvalue weighted by Gasteiger charge is 2.21. The molecule has 0 unspecified atom stereocenters. The first kappa shape index (κ1) is 20.9. The summed E-state index contributed by atoms with van der Waals surface area (Å²) in [5.41, 5.74) is 0.737. The zero-order valence-electron chi connectivity index (χ0n) is 17.1. The van der Waals surface area contributed by atoms with Crippen LogP contribution >= 0.6 is 22.7 Å². The second-order valence-electron chi connectivity index (χ2n) is 6.48. The molecule has 0 spiro atoms. The molecular formula is C23H19NO5S2. The van der Waals surface area contributed by atoms with E-state index in [-0.39, 0.29) is 11.3 Å². The number of hydrogen-bond donors (Lipinski definition) is 1. The number of thiophene rings is 1. The number of carbonyl (C=O) groups is 1. The third-order valence-electron chi connectivity index (χ3n) is 4.72. The lowest BCUT2D eigenvalue weighted by Gasteiger charge is -2.16. The zero-order chi connectivity index (χ0) is 22.0. The average molecular weight is 454 g/mol. The lowest BCUT2D eigenvalue weighted by atomic mass is 10.0. The normalized spacial score (nSPS) is 10.7. The first-order valence-electron chi connectivity index (χ1n) is 9.28. The molecule has 31 heavy (non-hydrogen) atoms. The number of carbonyl (C=O) groups excluding carboxylic acids is 1. The van der Waals surface area contributed by atoms with Gasteiger partial charge < -0.3 is 19.5 Å². The van der Waals surface area contributed by atoms with Gasteiger partial charge in [-0.2, -0.15) is 0 Å². The van der Waals surface area contributed by atoms with Crippen LogP contribution in [-0.2, 0) is 0 Å². The maximum atomic E-state index is 13.5. The molecule has 158 valence electrons. The van der Waals surface area contributed by atoms with Gasteiger partial charge in [-0.1, -0.05) is 18.2 Å². The number of benzene rings is 2. The monoisotopic (exact) mass is 453 g/mol. The molecule has 0 saturated carbocycles. The molecule has 6 nitrogen and oxygen atoms in total. The molecule has 1 N–H and O–H groups in total. The van der Waals surface area contributed by atoms with Gasteiger partial charge in [0.1, 0.15) is 5.00 Å². The topological polar surface area (TPSA) is 73.9 Å². The Morgan fingerprint density at radius 3 is 2.26 bits per heavy atom. The summed E-state index contributed by atoms with van der Waals surface area (Å²) in [5, 5.41) is 5.79. The van der Waals surface area contributed by atoms with Gasteiger partial charge in [0, 0.05) is 10.1 Å². The quantitative estimate of drug-likeness (QED) is 0.431. The lowest BCUT2D eigenvalue weighted by Crippen LogP contribution is -2.14. The van der Waals surface area contributed by atoms with Crippen LogP contribution in [0.1, 0.15) is 9.67 Å². The van der Waals surface area contributed by atoms with Crippen molar-refractivity contribution in [3.63, 3.8) is 0 Å². The molecule has 2 aromatic carbocycles. The van der Waals surface area contributed by atoms with E-state index >= 15 is 0 Å². The Bertz CT molecular complexity index is 1290. The largest absolute Gasteiger partial charge is 0.493 e. The van der Waals surface area contributed by atoms with E-state index in [1.165, 1.54) is 44.0 Å². The summed E-state index contributed by atoms with van der Waals surface area (Å²) in [4.78, 5) is 26.9. The predicted octanol–water partition coefficient (Wildman–Crippen LogP) is 5.27. The maximum absolute atomic E-state index is 13.5. The fourth-order valence-electron chi connectivity index (χ4n) is 3.29. The minimum absolute atomic E-state index is 0.190. The summed E-state index contributed by atoms with van der Waals surface area (Å²) in [7, 11) is 4.55. The van der Waals surface area contributed by atoms with Crippen LogP contribution in [0.15, 0.2) is 58.7 Å². The summed E-state index contributed by atoms with van der Waals surface area (Å²) in [6.07, 6.45) is 0. The molecule has 8 heteroatoms. The van der Waals surface area contributed by atoms with Gasteiger partial charge in [0.15, 0.2) is 16.9 Å². The van der Waals surface area contributed by atoms with E-state index in [1.807, 2.05) is 29.6 Å². The number of methoxy groups -OCH3 is 3. The second-order valence-corrected chi connectivity index (χ2v) is 8.48. The number of nitrogens with one attached hydrogen (secondary N) is 1. The van der Waals surface area contributed by atoms with Gasteiger partial charge in [0.25, 0.3) is 5.91 Å². The Labute approximate surface area is 186 Å². The third kappa shape index (κ3) is 3.87. The molecule has 0 bridgehead atoms. The third-order valence-corrected chi connectivity index (χ3v) is 6.68. The van der Waals surface area contributed by atoms with Crippen LogP contribution in [0, 0.1) is 0 Å². The molecule has 0 aliphatic rings. The van der Waals surface area contributed by atoms with Crippen LogP contribution in [-0.4, -0.2) is 27.2 Å². The molecule has 0 aliphatic heterocycles. The Kier molecular flexibility index (Phi) is 5.92. The van der Waals surface area contributed by atoms with Crippen molar-refractivity contribution < 1.29 is 19.0 Å². The molecule has 2 aromatic heterocycles. The molecule has 2 heterocycles. The summed E-state index contributed by atoms with van der Waals surface area (Å²) in [5.74, 6) is 0.999. The molecule has 0 atom stereocenters. The van der Waals surface area contributed by atoms with E-state index in [4.69, 9.17) is 14.2 Å². The first-order valence-corrected chi connectivity index (χ1v) is 11.0. The van der Waals surface area contributed by atoms with Gasteiger partial charge >= 0.3 is 0 Å². The Morgan fingerprint density at radius 2 is 1.65 bits per heavy atom. The van der Waals surface area contributed by atoms with E-state index < -0.39 is 0 Å². The van der Waals surface area contributed by atoms with E-state index in [0.717, 1.165) is 4.70 Å². The van der Waals surface area contributed by atoms with Crippen LogP contribution in [0.4, 0.5) is 5.00 Å². The van der Waals surface area contributed by atoms with Crippen molar-refractivity contribution in [2.45, 2.75) is 0 Å². The van der Waals surface area contributed by atoms with E-state index in [1.54, 1.807) is 24.3 Å². The highest BCUT2D eigenvalue weighted by atomic mass is 32.1. The fraction of sp³-hybridized carbons (Fsp3) is 0.130. The molecule has 0 fully saturated rings. The summed E-state index contributed by atoms with van der Waals surface area (Å²) in [6.45, 7) is 0. The van der Waals surface area contributed by atoms with Gasteiger partial charge in [-0.05, 0) is 41.3 Å². The number of rotatable bonds is 6. The van der Waals surface area contributed by atoms with Crippen molar-refractivity contribution in [3.05, 3.63) is 69.0 Å². The zero-order valence-corrected chi connectivity index (χ0v) is 18.7. The maximum Gasteiger partial charge on any atom is 0.266 e. The molecule has 4 aromatic rings. The minimum Gasteiger partial charge on any atom is -0.493 e. The Morgan fingerprint density at radius 1 is 0.935 bits per heavy atom. The second kappa shape index (κ2) is 8.79. The Balaban J connectivity index is 1.97. The van der Waals surface area contributed by atoms with Gasteiger partial charge in [-0.3, -0.25) is 9.59 Å². The lowest BCUT2D eigenvalue weighted by molar-refractivity contribution is 0.103. The predicted molar refractivity (Wildman–Crippen MR) is 125 cm³/mol. The van der Waals surface area contributed by atoms with Crippen molar-refractivity contribution in [1.82, 2.24) is 0 Å². The number of anilines is 1. The smallest absolute Gasteiger partial charge is 0.266 e. The van der Waals surface area contributed by atoms with Crippen molar-refractivity contribution in [3.8, 4) is 28.4 Å². The van der Waals surface area contributed by atoms with E-state index in [9.17, 15) is 9.59 Å². The van der Waals surface area contributed by atoms with Crippen molar-refractivity contribution in [2.24, 2.45) is 0 Å². The summed E-state index contributed by atoms with van der Waals surface area (Å²) >= 11 is 2.68. The van der Waals surface area contributed by atoms with E-state index in [2.05, 4.69) is 5.32 Å². The molecule has 1 amide bonds. The number of amides is 1. The van der Waals surface area contributed by atoms with Gasteiger partial charge in [0.05, 0.1) is 31.8 Å². The number of ether oxygens (including phenoxy) is 3. The Hall–Kier alpha value is -3.36. The summed E-state index contributed by atoms with van der Waals surface area (Å²) in [6, 6.07) is 14.3. The van der Waals surface area contributed by atoms with Crippen molar-refractivity contribution >= 4 is 43.7 Å². The van der Waals surface area contributed by atoms with Crippen LogP contribution < -0.4 is 25.0 Å². The highest BCUT2D eigenvalue weighted by Crippen LogP contribution is 2.43. The highest BCUT2D eigenvalue weighted by molar-refractivity contribution is 7.22. The molecule has 0 radical (unpaired) electrons. The molecule has 0 aliphatic carbocycles.